The lowest BCUT2D eigenvalue weighted by Crippen LogP contribution is -2.03. The highest BCUT2D eigenvalue weighted by Crippen LogP contribution is 2.22. The quantitative estimate of drug-likeness (QED) is 0.807. The van der Waals surface area contributed by atoms with Crippen LogP contribution in [-0.2, 0) is 17.6 Å². The van der Waals surface area contributed by atoms with E-state index in [4.69, 9.17) is 34.8 Å². The minimum Gasteiger partial charge on any atom is -0.215 e. The lowest BCUT2D eigenvalue weighted by molar-refractivity contribution is 0.904. The van der Waals surface area contributed by atoms with Crippen molar-refractivity contribution in [2.45, 2.75) is 17.6 Å². The lowest BCUT2D eigenvalue weighted by Gasteiger charge is -2.07. The Bertz CT molecular complexity index is 524. The van der Waals surface area contributed by atoms with E-state index >= 15 is 0 Å². The van der Waals surface area contributed by atoms with Crippen molar-refractivity contribution in [3.63, 3.8) is 0 Å². The summed E-state index contributed by atoms with van der Waals surface area (Å²) in [6.45, 7) is 0. The lowest BCUT2D eigenvalue weighted by atomic mass is 10.1. The van der Waals surface area contributed by atoms with Gasteiger partial charge in [-0.05, 0) is 5.56 Å². The summed E-state index contributed by atoms with van der Waals surface area (Å²) < 4.78 is 0. The zero-order valence-corrected chi connectivity index (χ0v) is 11.7. The molecular formula is C12H10Cl3N3. The van der Waals surface area contributed by atoms with E-state index < -0.39 is 0 Å². The third kappa shape index (κ3) is 2.91. The second-order valence-corrected chi connectivity index (χ2v) is 4.35. The van der Waals surface area contributed by atoms with Gasteiger partial charge in [0, 0.05) is 11.4 Å². The Morgan fingerprint density at radius 3 is 1.94 bits per heavy atom. The molecule has 0 aliphatic carbocycles. The summed E-state index contributed by atoms with van der Waals surface area (Å²) in [5.74, 6) is 2.44. The van der Waals surface area contributed by atoms with Gasteiger partial charge in [-0.25, -0.2) is 15.0 Å². The maximum absolute atomic E-state index is 5.91. The summed E-state index contributed by atoms with van der Waals surface area (Å²) in [6, 6.07) is 7.69. The zero-order valence-electron chi connectivity index (χ0n) is 9.41. The maximum Gasteiger partial charge on any atom is 0.163 e. The predicted molar refractivity (Wildman–Crippen MR) is 73.9 cm³/mol. The monoisotopic (exact) mass is 301 g/mol. The average molecular weight is 303 g/mol. The summed E-state index contributed by atoms with van der Waals surface area (Å²) in [4.78, 5) is 12.7. The van der Waals surface area contributed by atoms with Crippen LogP contribution in [0.1, 0.15) is 17.2 Å². The first-order valence-electron chi connectivity index (χ1n) is 5.28. The summed E-state index contributed by atoms with van der Waals surface area (Å²) in [7, 11) is 0. The molecule has 0 unspecified atom stereocenters. The molecule has 0 spiro atoms. The molecule has 0 amide bonds. The standard InChI is InChI=1S/C12H10Cl3N3/c13-5-8-3-1-2-4-9(8)12-17-10(6-14)16-11(7-15)18-12/h1-4H,5-7H2. The van der Waals surface area contributed by atoms with E-state index in [0.29, 0.717) is 23.4 Å². The van der Waals surface area contributed by atoms with Gasteiger partial charge in [-0.3, -0.25) is 0 Å². The van der Waals surface area contributed by atoms with Crippen LogP contribution in [0.25, 0.3) is 11.4 Å². The normalized spacial score (nSPS) is 10.6. The molecule has 6 heteroatoms. The Morgan fingerprint density at radius 1 is 0.778 bits per heavy atom. The largest absolute Gasteiger partial charge is 0.215 e. The third-order valence-corrected chi connectivity index (χ3v) is 3.14. The van der Waals surface area contributed by atoms with E-state index in [0.717, 1.165) is 11.1 Å². The second kappa shape index (κ2) is 6.32. The van der Waals surface area contributed by atoms with Crippen molar-refractivity contribution in [3.05, 3.63) is 41.5 Å². The van der Waals surface area contributed by atoms with Crippen LogP contribution in [0.5, 0.6) is 0 Å². The summed E-state index contributed by atoms with van der Waals surface area (Å²) in [5, 5.41) is 0. The fraction of sp³-hybridized carbons (Fsp3) is 0.250. The third-order valence-electron chi connectivity index (χ3n) is 2.37. The highest BCUT2D eigenvalue weighted by Gasteiger charge is 2.10. The molecule has 1 aromatic heterocycles. The Balaban J connectivity index is 2.55. The molecule has 0 aliphatic heterocycles. The summed E-state index contributed by atoms with van der Waals surface area (Å²) in [6.07, 6.45) is 0. The predicted octanol–water partition coefficient (Wildman–Crippen LogP) is 3.76. The molecule has 1 heterocycles. The Hall–Kier alpha value is -0.900. The van der Waals surface area contributed by atoms with Gasteiger partial charge in [0.05, 0.1) is 11.8 Å². The number of benzene rings is 1. The molecule has 0 aliphatic rings. The van der Waals surface area contributed by atoms with Gasteiger partial charge in [0.2, 0.25) is 0 Å². The smallest absolute Gasteiger partial charge is 0.163 e. The zero-order chi connectivity index (χ0) is 13.0. The second-order valence-electron chi connectivity index (χ2n) is 3.55. The molecule has 0 N–H and O–H groups in total. The van der Waals surface area contributed by atoms with Gasteiger partial charge in [0.25, 0.3) is 0 Å². The summed E-state index contributed by atoms with van der Waals surface area (Å²) in [5.41, 5.74) is 1.85. The van der Waals surface area contributed by atoms with E-state index in [-0.39, 0.29) is 11.8 Å². The Morgan fingerprint density at radius 2 is 1.39 bits per heavy atom. The van der Waals surface area contributed by atoms with Gasteiger partial charge in [-0.2, -0.15) is 0 Å². The first-order chi connectivity index (χ1) is 8.78. The average Bonchev–Trinajstić information content (AvgIpc) is 2.46. The van der Waals surface area contributed by atoms with E-state index in [1.54, 1.807) is 0 Å². The molecule has 18 heavy (non-hydrogen) atoms. The van der Waals surface area contributed by atoms with Crippen LogP contribution in [0.3, 0.4) is 0 Å². The number of halogens is 3. The van der Waals surface area contributed by atoms with Crippen molar-refractivity contribution in [2.75, 3.05) is 0 Å². The Labute approximate surface area is 120 Å². The van der Waals surface area contributed by atoms with Crippen molar-refractivity contribution in [3.8, 4) is 11.4 Å². The SMILES string of the molecule is ClCc1nc(CCl)nc(-c2ccccc2CCl)n1. The van der Waals surface area contributed by atoms with Crippen molar-refractivity contribution in [1.82, 2.24) is 15.0 Å². The molecular weight excluding hydrogens is 293 g/mol. The van der Waals surface area contributed by atoms with E-state index in [2.05, 4.69) is 15.0 Å². The molecule has 0 saturated heterocycles. The molecule has 0 saturated carbocycles. The number of alkyl halides is 3. The van der Waals surface area contributed by atoms with Crippen LogP contribution in [0.2, 0.25) is 0 Å². The van der Waals surface area contributed by atoms with Crippen molar-refractivity contribution < 1.29 is 0 Å². The number of hydrogen-bond donors (Lipinski definition) is 0. The van der Waals surface area contributed by atoms with Gasteiger partial charge in [-0.15, -0.1) is 34.8 Å². The van der Waals surface area contributed by atoms with Gasteiger partial charge in [0.15, 0.2) is 5.82 Å². The molecule has 2 aromatic rings. The number of aromatic nitrogens is 3. The number of nitrogens with zero attached hydrogens (tertiary/aromatic N) is 3. The van der Waals surface area contributed by atoms with Gasteiger partial charge in [0.1, 0.15) is 11.6 Å². The first-order valence-corrected chi connectivity index (χ1v) is 6.89. The minimum absolute atomic E-state index is 0.225. The molecule has 1 aromatic carbocycles. The Kier molecular flexibility index (Phi) is 4.75. The van der Waals surface area contributed by atoms with E-state index in [9.17, 15) is 0 Å². The summed E-state index contributed by atoms with van der Waals surface area (Å²) >= 11 is 17.4. The molecule has 0 atom stereocenters. The molecule has 0 radical (unpaired) electrons. The van der Waals surface area contributed by atoms with Crippen LogP contribution in [0, 0.1) is 0 Å². The van der Waals surface area contributed by atoms with Crippen LogP contribution >= 0.6 is 34.8 Å². The minimum atomic E-state index is 0.225. The van der Waals surface area contributed by atoms with E-state index in [1.165, 1.54) is 0 Å². The van der Waals surface area contributed by atoms with Gasteiger partial charge < -0.3 is 0 Å². The topological polar surface area (TPSA) is 38.7 Å². The molecule has 3 nitrogen and oxygen atoms in total. The molecule has 0 bridgehead atoms. The van der Waals surface area contributed by atoms with Crippen molar-refractivity contribution in [2.24, 2.45) is 0 Å². The number of rotatable bonds is 4. The fourth-order valence-electron chi connectivity index (χ4n) is 1.56. The first kappa shape index (κ1) is 13.5. The van der Waals surface area contributed by atoms with Crippen LogP contribution in [0.15, 0.2) is 24.3 Å². The maximum atomic E-state index is 5.91. The van der Waals surface area contributed by atoms with Crippen LogP contribution in [-0.4, -0.2) is 15.0 Å². The molecule has 2 rings (SSSR count). The van der Waals surface area contributed by atoms with Crippen LogP contribution < -0.4 is 0 Å². The van der Waals surface area contributed by atoms with Crippen LogP contribution in [0.4, 0.5) is 0 Å². The highest BCUT2D eigenvalue weighted by molar-refractivity contribution is 6.17. The molecule has 0 fully saturated rings. The van der Waals surface area contributed by atoms with Crippen molar-refractivity contribution >= 4 is 34.8 Å². The van der Waals surface area contributed by atoms with Gasteiger partial charge in [-0.1, -0.05) is 24.3 Å². The van der Waals surface area contributed by atoms with Gasteiger partial charge >= 0.3 is 0 Å². The van der Waals surface area contributed by atoms with Crippen molar-refractivity contribution in [1.29, 1.82) is 0 Å². The van der Waals surface area contributed by atoms with E-state index in [1.807, 2.05) is 24.3 Å². The fourth-order valence-corrected chi connectivity index (χ4v) is 2.04. The highest BCUT2D eigenvalue weighted by atomic mass is 35.5. The molecule has 94 valence electrons. The number of hydrogen-bond acceptors (Lipinski definition) is 3.